The highest BCUT2D eigenvalue weighted by Gasteiger charge is 1.89. The van der Waals surface area contributed by atoms with Gasteiger partial charge in [-0.25, -0.2) is 0 Å². The second kappa shape index (κ2) is 7.86. The Balaban J connectivity index is 4.65. The molecule has 0 atom stereocenters. The fraction of sp³-hybridized carbons (Fsp3) is 0.400. The lowest BCUT2D eigenvalue weighted by Crippen LogP contribution is -1.88. The molecule has 0 aromatic rings. The minimum absolute atomic E-state index is 0.560. The van der Waals surface area contributed by atoms with Gasteiger partial charge in [-0.15, -0.1) is 0 Å². The van der Waals surface area contributed by atoms with E-state index in [2.05, 4.69) is 37.6 Å². The van der Waals surface area contributed by atoms with Gasteiger partial charge in [0.2, 0.25) is 0 Å². The zero-order chi connectivity index (χ0) is 12.6. The van der Waals surface area contributed by atoms with Crippen LogP contribution < -0.4 is 0 Å². The van der Waals surface area contributed by atoms with Gasteiger partial charge in [-0.2, -0.15) is 0 Å². The van der Waals surface area contributed by atoms with E-state index in [1.807, 2.05) is 39.0 Å². The average molecular weight is 217 g/mol. The molecular formula is C15H23N. The Morgan fingerprint density at radius 2 is 1.75 bits per heavy atom. The summed E-state index contributed by atoms with van der Waals surface area (Å²) in [4.78, 5) is 4.50. The number of hydrogen-bond acceptors (Lipinski definition) is 1. The third kappa shape index (κ3) is 7.98. The van der Waals surface area contributed by atoms with Crippen LogP contribution in [0.5, 0.6) is 0 Å². The third-order valence-electron chi connectivity index (χ3n) is 1.86. The predicted molar refractivity (Wildman–Crippen MR) is 74.8 cm³/mol. The smallest absolute Gasteiger partial charge is 0.0590 e. The lowest BCUT2D eigenvalue weighted by atomic mass is 10.2. The monoisotopic (exact) mass is 217 g/mol. The van der Waals surface area contributed by atoms with E-state index >= 15 is 0 Å². The molecule has 0 N–H and O–H groups in total. The standard InChI is InChI=1S/C15H23N/c1-7-15(11-9-13(4)5)16-14(6)10-8-12(2)3/h7-12H,4H2,1-3,5-6H3/b10-8-,11-9-,15-7?,16-14?. The normalized spacial score (nSPS) is 14.4. The van der Waals surface area contributed by atoms with E-state index in [4.69, 9.17) is 0 Å². The van der Waals surface area contributed by atoms with Crippen molar-refractivity contribution in [1.29, 1.82) is 0 Å². The maximum absolute atomic E-state index is 4.50. The van der Waals surface area contributed by atoms with Crippen molar-refractivity contribution < 1.29 is 0 Å². The van der Waals surface area contributed by atoms with E-state index in [-0.39, 0.29) is 0 Å². The number of aliphatic imine (C=N–C) groups is 1. The van der Waals surface area contributed by atoms with Gasteiger partial charge in [0.05, 0.1) is 5.70 Å². The Hall–Kier alpha value is -1.37. The molecule has 1 nitrogen and oxygen atoms in total. The summed E-state index contributed by atoms with van der Waals surface area (Å²) in [6, 6.07) is 0. The first-order chi connectivity index (χ1) is 7.45. The number of hydrogen-bond donors (Lipinski definition) is 0. The molecule has 0 aliphatic rings. The van der Waals surface area contributed by atoms with Crippen LogP contribution in [0, 0.1) is 5.92 Å². The van der Waals surface area contributed by atoms with Gasteiger partial charge in [-0.1, -0.05) is 44.2 Å². The molecule has 0 aromatic heterocycles. The van der Waals surface area contributed by atoms with E-state index < -0.39 is 0 Å². The van der Waals surface area contributed by atoms with Crippen LogP contribution >= 0.6 is 0 Å². The topological polar surface area (TPSA) is 12.4 Å². The SMILES string of the molecule is C=C(C)/C=C\C(=CC)N=C(C)/C=C\C(C)C. The highest BCUT2D eigenvalue weighted by Crippen LogP contribution is 2.04. The molecule has 0 heterocycles. The molecule has 0 bridgehead atoms. The van der Waals surface area contributed by atoms with Crippen molar-refractivity contribution in [3.05, 3.63) is 48.2 Å². The Kier molecular flexibility index (Phi) is 7.19. The van der Waals surface area contributed by atoms with Crippen LogP contribution in [0.2, 0.25) is 0 Å². The molecule has 0 amide bonds. The molecule has 0 aromatic carbocycles. The largest absolute Gasteiger partial charge is 0.254 e. The first-order valence-corrected chi connectivity index (χ1v) is 5.69. The molecule has 88 valence electrons. The molecule has 0 radical (unpaired) electrons. The minimum Gasteiger partial charge on any atom is -0.254 e. The van der Waals surface area contributed by atoms with Crippen molar-refractivity contribution in [3.63, 3.8) is 0 Å². The van der Waals surface area contributed by atoms with Crippen LogP contribution in [-0.2, 0) is 0 Å². The van der Waals surface area contributed by atoms with Gasteiger partial charge >= 0.3 is 0 Å². The van der Waals surface area contributed by atoms with Crippen LogP contribution in [-0.4, -0.2) is 5.71 Å². The lowest BCUT2D eigenvalue weighted by Gasteiger charge is -1.97. The van der Waals surface area contributed by atoms with Crippen molar-refractivity contribution in [2.45, 2.75) is 34.6 Å². The fourth-order valence-corrected chi connectivity index (χ4v) is 0.998. The van der Waals surface area contributed by atoms with Crippen LogP contribution in [0.4, 0.5) is 0 Å². The van der Waals surface area contributed by atoms with Crippen LogP contribution in [0.15, 0.2) is 53.2 Å². The number of rotatable bonds is 5. The van der Waals surface area contributed by atoms with Gasteiger partial charge in [0, 0.05) is 5.71 Å². The van der Waals surface area contributed by atoms with Crippen molar-refractivity contribution in [1.82, 2.24) is 0 Å². The molecule has 0 fully saturated rings. The molecule has 0 spiro atoms. The summed E-state index contributed by atoms with van der Waals surface area (Å²) >= 11 is 0. The Bertz CT molecular complexity index is 338. The van der Waals surface area contributed by atoms with Gasteiger partial charge in [0.1, 0.15) is 0 Å². The van der Waals surface area contributed by atoms with Crippen molar-refractivity contribution in [2.75, 3.05) is 0 Å². The van der Waals surface area contributed by atoms with Gasteiger partial charge in [0.25, 0.3) is 0 Å². The number of nitrogens with zero attached hydrogens (tertiary/aromatic N) is 1. The molecule has 0 saturated heterocycles. The highest BCUT2D eigenvalue weighted by atomic mass is 14.7. The summed E-state index contributed by atoms with van der Waals surface area (Å²) in [5, 5.41) is 0. The Labute approximate surface area is 100.0 Å². The molecule has 16 heavy (non-hydrogen) atoms. The van der Waals surface area contributed by atoms with Crippen molar-refractivity contribution in [3.8, 4) is 0 Å². The maximum Gasteiger partial charge on any atom is 0.0590 e. The minimum atomic E-state index is 0.560. The summed E-state index contributed by atoms with van der Waals surface area (Å²) in [5.41, 5.74) is 3.02. The molecule has 0 aliphatic carbocycles. The van der Waals surface area contributed by atoms with E-state index in [0.717, 1.165) is 17.0 Å². The van der Waals surface area contributed by atoms with Gasteiger partial charge < -0.3 is 0 Å². The second-order valence-corrected chi connectivity index (χ2v) is 4.25. The summed E-state index contributed by atoms with van der Waals surface area (Å²) in [5.74, 6) is 0.560. The van der Waals surface area contributed by atoms with E-state index in [0.29, 0.717) is 5.92 Å². The van der Waals surface area contributed by atoms with Crippen LogP contribution in [0.3, 0.4) is 0 Å². The second-order valence-electron chi connectivity index (χ2n) is 4.25. The van der Waals surface area contributed by atoms with E-state index in [9.17, 15) is 0 Å². The zero-order valence-electron chi connectivity index (χ0n) is 11.1. The molecule has 0 unspecified atom stereocenters. The molecule has 0 aliphatic heterocycles. The Morgan fingerprint density at radius 1 is 1.12 bits per heavy atom. The summed E-state index contributed by atoms with van der Waals surface area (Å²) in [6.07, 6.45) is 10.1. The summed E-state index contributed by atoms with van der Waals surface area (Å²) in [7, 11) is 0. The fourth-order valence-electron chi connectivity index (χ4n) is 0.998. The van der Waals surface area contributed by atoms with E-state index in [1.165, 1.54) is 0 Å². The predicted octanol–water partition coefficient (Wildman–Crippen LogP) is 4.70. The highest BCUT2D eigenvalue weighted by molar-refractivity contribution is 5.93. The zero-order valence-corrected chi connectivity index (χ0v) is 11.1. The molecular weight excluding hydrogens is 194 g/mol. The maximum atomic E-state index is 4.50. The molecule has 1 heteroatoms. The van der Waals surface area contributed by atoms with Gasteiger partial charge in [-0.3, -0.25) is 4.99 Å². The lowest BCUT2D eigenvalue weighted by molar-refractivity contribution is 0.832. The van der Waals surface area contributed by atoms with E-state index in [1.54, 1.807) is 0 Å². The summed E-state index contributed by atoms with van der Waals surface area (Å²) < 4.78 is 0. The van der Waals surface area contributed by atoms with Crippen molar-refractivity contribution >= 4 is 5.71 Å². The van der Waals surface area contributed by atoms with Crippen molar-refractivity contribution in [2.24, 2.45) is 10.9 Å². The van der Waals surface area contributed by atoms with Crippen LogP contribution in [0.25, 0.3) is 0 Å². The first kappa shape index (κ1) is 14.6. The van der Waals surface area contributed by atoms with Crippen LogP contribution in [0.1, 0.15) is 34.6 Å². The number of allylic oxidation sites excluding steroid dienone is 6. The quantitative estimate of drug-likeness (QED) is 0.467. The average Bonchev–Trinajstić information content (AvgIpc) is 2.20. The molecule has 0 rings (SSSR count). The third-order valence-corrected chi connectivity index (χ3v) is 1.86. The van der Waals surface area contributed by atoms with Gasteiger partial charge in [-0.05, 0) is 38.8 Å². The first-order valence-electron chi connectivity index (χ1n) is 5.69. The molecule has 0 saturated carbocycles. The Morgan fingerprint density at radius 3 is 2.19 bits per heavy atom. The van der Waals surface area contributed by atoms with Gasteiger partial charge in [0.15, 0.2) is 0 Å². The summed E-state index contributed by atoms with van der Waals surface area (Å²) in [6.45, 7) is 14.1.